The molecule has 1 aromatic heterocycles. The van der Waals surface area contributed by atoms with Gasteiger partial charge in [0.15, 0.2) is 0 Å². The zero-order valence-electron chi connectivity index (χ0n) is 11.7. The minimum absolute atomic E-state index is 0.0502. The van der Waals surface area contributed by atoms with E-state index in [4.69, 9.17) is 4.74 Å². The Kier molecular flexibility index (Phi) is 4.14. The van der Waals surface area contributed by atoms with Gasteiger partial charge in [-0.2, -0.15) is 0 Å². The van der Waals surface area contributed by atoms with Gasteiger partial charge in [0.1, 0.15) is 0 Å². The fraction of sp³-hybridized carbons (Fsp3) is 0.714. The Hall–Kier alpha value is -1.24. The number of aliphatic hydroxyl groups excluding tert-OH is 1. The van der Waals surface area contributed by atoms with Crippen LogP contribution in [0.25, 0.3) is 0 Å². The molecule has 0 amide bonds. The molecule has 1 aromatic rings. The zero-order chi connectivity index (χ0) is 13.8. The third-order valence-electron chi connectivity index (χ3n) is 4.29. The maximum absolute atomic E-state index is 9.64. The van der Waals surface area contributed by atoms with E-state index in [-0.39, 0.29) is 12.0 Å². The van der Waals surface area contributed by atoms with Crippen LogP contribution in [0.3, 0.4) is 0 Å². The number of piperazine rings is 1. The van der Waals surface area contributed by atoms with Crippen molar-refractivity contribution < 1.29 is 9.84 Å². The molecule has 0 bridgehead atoms. The summed E-state index contributed by atoms with van der Waals surface area (Å²) in [6.07, 6.45) is 4.53. The van der Waals surface area contributed by atoms with Crippen molar-refractivity contribution >= 4 is 5.95 Å². The van der Waals surface area contributed by atoms with Crippen LogP contribution in [-0.2, 0) is 4.74 Å². The molecule has 6 nitrogen and oxygen atoms in total. The molecule has 2 saturated heterocycles. The van der Waals surface area contributed by atoms with Crippen molar-refractivity contribution in [2.24, 2.45) is 5.41 Å². The van der Waals surface area contributed by atoms with Crippen LogP contribution in [0.4, 0.5) is 5.95 Å². The SMILES string of the molecule is OCC1(CN2CCN(c3ncccn3)CC2)CCOC1. The molecule has 0 radical (unpaired) electrons. The summed E-state index contributed by atoms with van der Waals surface area (Å²) in [6.45, 7) is 6.45. The molecule has 20 heavy (non-hydrogen) atoms. The van der Waals surface area contributed by atoms with E-state index in [1.54, 1.807) is 12.4 Å². The molecule has 0 spiro atoms. The summed E-state index contributed by atoms with van der Waals surface area (Å²) in [5.41, 5.74) is -0.0502. The molecule has 0 saturated carbocycles. The largest absolute Gasteiger partial charge is 0.396 e. The van der Waals surface area contributed by atoms with E-state index < -0.39 is 0 Å². The van der Waals surface area contributed by atoms with Gasteiger partial charge >= 0.3 is 0 Å². The number of aromatic nitrogens is 2. The lowest BCUT2D eigenvalue weighted by atomic mass is 9.87. The third-order valence-corrected chi connectivity index (χ3v) is 4.29. The summed E-state index contributed by atoms with van der Waals surface area (Å²) in [6, 6.07) is 1.84. The summed E-state index contributed by atoms with van der Waals surface area (Å²) in [4.78, 5) is 13.2. The molecular formula is C14H22N4O2. The van der Waals surface area contributed by atoms with Crippen LogP contribution in [0, 0.1) is 5.41 Å². The lowest BCUT2D eigenvalue weighted by Gasteiger charge is -2.39. The van der Waals surface area contributed by atoms with Crippen LogP contribution >= 0.6 is 0 Å². The smallest absolute Gasteiger partial charge is 0.225 e. The Morgan fingerprint density at radius 1 is 1.20 bits per heavy atom. The average Bonchev–Trinajstić information content (AvgIpc) is 2.98. The molecule has 2 aliphatic heterocycles. The molecular weight excluding hydrogens is 256 g/mol. The van der Waals surface area contributed by atoms with Crippen molar-refractivity contribution in [2.45, 2.75) is 6.42 Å². The standard InChI is InChI=1S/C14H22N4O2/c19-11-14(2-9-20-12-14)10-17-5-7-18(8-6-17)13-15-3-1-4-16-13/h1,3-4,19H,2,5-12H2. The van der Waals surface area contributed by atoms with Gasteiger partial charge in [-0.05, 0) is 12.5 Å². The topological polar surface area (TPSA) is 61.7 Å². The zero-order valence-corrected chi connectivity index (χ0v) is 11.7. The first-order valence-corrected chi connectivity index (χ1v) is 7.24. The molecule has 2 aliphatic rings. The first-order chi connectivity index (χ1) is 9.81. The molecule has 2 fully saturated rings. The molecule has 1 unspecified atom stereocenters. The van der Waals surface area contributed by atoms with Gasteiger partial charge in [0.2, 0.25) is 5.95 Å². The average molecular weight is 278 g/mol. The first kappa shape index (κ1) is 13.7. The monoisotopic (exact) mass is 278 g/mol. The Morgan fingerprint density at radius 3 is 2.55 bits per heavy atom. The second kappa shape index (κ2) is 6.03. The van der Waals surface area contributed by atoms with E-state index in [2.05, 4.69) is 19.8 Å². The van der Waals surface area contributed by atoms with Crippen molar-refractivity contribution in [2.75, 3.05) is 57.4 Å². The molecule has 3 rings (SSSR count). The van der Waals surface area contributed by atoms with Crippen molar-refractivity contribution in [3.8, 4) is 0 Å². The minimum atomic E-state index is -0.0502. The van der Waals surface area contributed by atoms with E-state index in [0.29, 0.717) is 6.61 Å². The first-order valence-electron chi connectivity index (χ1n) is 7.24. The maximum atomic E-state index is 9.64. The van der Waals surface area contributed by atoms with Gasteiger partial charge in [0, 0.05) is 57.1 Å². The number of rotatable bonds is 4. The molecule has 0 aromatic carbocycles. The van der Waals surface area contributed by atoms with Crippen LogP contribution in [0.15, 0.2) is 18.5 Å². The molecule has 1 N–H and O–H groups in total. The highest BCUT2D eigenvalue weighted by molar-refractivity contribution is 5.29. The van der Waals surface area contributed by atoms with E-state index in [0.717, 1.165) is 51.7 Å². The van der Waals surface area contributed by atoms with Crippen molar-refractivity contribution in [1.82, 2.24) is 14.9 Å². The fourth-order valence-corrected chi connectivity index (χ4v) is 2.98. The second-order valence-electron chi connectivity index (χ2n) is 5.77. The van der Waals surface area contributed by atoms with Gasteiger partial charge in [0.25, 0.3) is 0 Å². The van der Waals surface area contributed by atoms with Crippen LogP contribution in [0.2, 0.25) is 0 Å². The number of ether oxygens (including phenoxy) is 1. The second-order valence-corrected chi connectivity index (χ2v) is 5.77. The van der Waals surface area contributed by atoms with E-state index >= 15 is 0 Å². The summed E-state index contributed by atoms with van der Waals surface area (Å²) in [5, 5.41) is 9.64. The van der Waals surface area contributed by atoms with Gasteiger partial charge < -0.3 is 14.7 Å². The molecule has 3 heterocycles. The Labute approximate surface area is 119 Å². The van der Waals surface area contributed by atoms with Crippen molar-refractivity contribution in [3.05, 3.63) is 18.5 Å². The Morgan fingerprint density at radius 2 is 1.95 bits per heavy atom. The van der Waals surface area contributed by atoms with Crippen LogP contribution in [0.5, 0.6) is 0 Å². The maximum Gasteiger partial charge on any atom is 0.225 e. The summed E-state index contributed by atoms with van der Waals surface area (Å²) < 4.78 is 5.47. The molecule has 1 atom stereocenters. The number of hydrogen-bond acceptors (Lipinski definition) is 6. The van der Waals surface area contributed by atoms with E-state index in [1.165, 1.54) is 0 Å². The predicted octanol–water partition coefficient (Wildman–Crippen LogP) is -0.00240. The Bertz CT molecular complexity index is 414. The van der Waals surface area contributed by atoms with Crippen molar-refractivity contribution in [3.63, 3.8) is 0 Å². The number of aliphatic hydroxyl groups is 1. The van der Waals surface area contributed by atoms with Gasteiger partial charge in [-0.3, -0.25) is 4.90 Å². The van der Waals surface area contributed by atoms with Gasteiger partial charge in [-0.25, -0.2) is 9.97 Å². The number of nitrogens with zero attached hydrogens (tertiary/aromatic N) is 4. The Balaban J connectivity index is 1.54. The van der Waals surface area contributed by atoms with Crippen LogP contribution in [0.1, 0.15) is 6.42 Å². The summed E-state index contributed by atoms with van der Waals surface area (Å²) in [7, 11) is 0. The quantitative estimate of drug-likeness (QED) is 0.836. The number of anilines is 1. The normalized spacial score (nSPS) is 27.9. The number of hydrogen-bond donors (Lipinski definition) is 1. The van der Waals surface area contributed by atoms with Gasteiger partial charge in [-0.1, -0.05) is 0 Å². The summed E-state index contributed by atoms with van der Waals surface area (Å²) in [5.74, 6) is 0.813. The highest BCUT2D eigenvalue weighted by atomic mass is 16.5. The van der Waals surface area contributed by atoms with Crippen LogP contribution in [-0.4, -0.2) is 72.5 Å². The van der Waals surface area contributed by atoms with E-state index in [9.17, 15) is 5.11 Å². The van der Waals surface area contributed by atoms with Crippen LogP contribution < -0.4 is 4.90 Å². The molecule has 0 aliphatic carbocycles. The minimum Gasteiger partial charge on any atom is -0.396 e. The van der Waals surface area contributed by atoms with Crippen molar-refractivity contribution in [1.29, 1.82) is 0 Å². The fourth-order valence-electron chi connectivity index (χ4n) is 2.98. The highest BCUT2D eigenvalue weighted by Crippen LogP contribution is 2.29. The highest BCUT2D eigenvalue weighted by Gasteiger charge is 2.36. The lowest BCUT2D eigenvalue weighted by molar-refractivity contribution is 0.0548. The van der Waals surface area contributed by atoms with Gasteiger partial charge in [0.05, 0.1) is 13.2 Å². The molecule has 110 valence electrons. The van der Waals surface area contributed by atoms with Gasteiger partial charge in [-0.15, -0.1) is 0 Å². The predicted molar refractivity (Wildman–Crippen MR) is 75.6 cm³/mol. The lowest BCUT2D eigenvalue weighted by Crippen LogP contribution is -2.51. The molecule has 6 heteroatoms. The third kappa shape index (κ3) is 2.92. The van der Waals surface area contributed by atoms with E-state index in [1.807, 2.05) is 6.07 Å². The summed E-state index contributed by atoms with van der Waals surface area (Å²) >= 11 is 0.